The summed E-state index contributed by atoms with van der Waals surface area (Å²) >= 11 is 1.15. The SMILES string of the molecule is CC(=O)N1CC[C@H]2CC[C@@H](C(=O)N3C[C@@H](C#N)[C@]4(C3)C(=O)Nc3ccccc34)N2C(=O)C(CNC(=O)c2cc3cc(C(C)(F)F)ccc3s2)C1. The van der Waals surface area contributed by atoms with Crippen LogP contribution in [0, 0.1) is 23.2 Å². The summed E-state index contributed by atoms with van der Waals surface area (Å²) in [6.45, 7) is 2.60. The van der Waals surface area contributed by atoms with Gasteiger partial charge in [-0.2, -0.15) is 5.26 Å². The van der Waals surface area contributed by atoms with Crippen molar-refractivity contribution in [2.45, 2.75) is 56.5 Å². The number of anilines is 1. The first-order valence-corrected chi connectivity index (χ1v) is 17.5. The molecule has 3 aromatic rings. The molecule has 2 aromatic carbocycles. The van der Waals surface area contributed by atoms with Gasteiger partial charge >= 0.3 is 0 Å². The minimum absolute atomic E-state index is 0.0141. The molecule has 14 heteroatoms. The van der Waals surface area contributed by atoms with Crippen molar-refractivity contribution in [3.63, 3.8) is 0 Å². The molecule has 0 bridgehead atoms. The second-order valence-electron chi connectivity index (χ2n) is 13.8. The summed E-state index contributed by atoms with van der Waals surface area (Å²) in [5.74, 6) is -6.37. The lowest BCUT2D eigenvalue weighted by atomic mass is 9.74. The zero-order valence-electron chi connectivity index (χ0n) is 27.6. The number of carbonyl (C=O) groups is 5. The number of nitrogens with one attached hydrogen (secondary N) is 2. The fraction of sp³-hybridized carbons (Fsp3) is 0.444. The van der Waals surface area contributed by atoms with Crippen molar-refractivity contribution in [2.24, 2.45) is 11.8 Å². The van der Waals surface area contributed by atoms with E-state index in [1.165, 1.54) is 30.0 Å². The summed E-state index contributed by atoms with van der Waals surface area (Å²) in [6.07, 6.45) is 1.41. The van der Waals surface area contributed by atoms with Crippen LogP contribution in [0.2, 0.25) is 0 Å². The third-order valence-corrected chi connectivity index (χ3v) is 11.8. The molecule has 1 unspecified atom stereocenters. The number of likely N-dealkylation sites (tertiary alicyclic amines) is 1. The van der Waals surface area contributed by atoms with E-state index in [0.29, 0.717) is 47.1 Å². The summed E-state index contributed by atoms with van der Waals surface area (Å²) < 4.78 is 28.5. The number of nitriles is 1. The Morgan fingerprint density at radius 2 is 1.86 bits per heavy atom. The van der Waals surface area contributed by atoms with Gasteiger partial charge in [0.05, 0.1) is 22.8 Å². The van der Waals surface area contributed by atoms with Crippen LogP contribution in [0.1, 0.15) is 53.9 Å². The number of thiophene rings is 1. The van der Waals surface area contributed by atoms with Crippen LogP contribution in [0.15, 0.2) is 48.5 Å². The standard InChI is InChI=1S/C36H36F2N6O5S/c1-20(45)42-12-11-25-8-9-28(33(48)43-18-24(15-39)36(19-43)26-5-3-4-6-27(26)41-34(36)49)44(25)32(47)22(17-42)16-40-31(46)30-14-21-13-23(35(2,37)38)7-10-29(21)50-30/h3-7,10,13-14,22,24-25,28H,8-9,11-12,16-19H2,1-2H3,(H,40,46)(H,41,49)/t22?,24-,25-,28+,36+/m1/s1. The van der Waals surface area contributed by atoms with Gasteiger partial charge in [0, 0.05) is 68.6 Å². The summed E-state index contributed by atoms with van der Waals surface area (Å²) in [7, 11) is 0. The highest BCUT2D eigenvalue weighted by Crippen LogP contribution is 2.48. The summed E-state index contributed by atoms with van der Waals surface area (Å²) in [5, 5.41) is 16.3. The molecule has 3 saturated heterocycles. The number of rotatable bonds is 5. The summed E-state index contributed by atoms with van der Waals surface area (Å²) in [4.78, 5) is 72.9. The molecule has 0 radical (unpaired) electrons. The van der Waals surface area contributed by atoms with Crippen molar-refractivity contribution in [2.75, 3.05) is 38.0 Å². The molecule has 260 valence electrons. The molecule has 3 fully saturated rings. The Labute approximate surface area is 291 Å². The molecule has 2 N–H and O–H groups in total. The Balaban J connectivity index is 1.11. The first kappa shape index (κ1) is 33.6. The minimum atomic E-state index is -3.03. The van der Waals surface area contributed by atoms with Crippen LogP contribution in [0.5, 0.6) is 0 Å². The van der Waals surface area contributed by atoms with E-state index in [9.17, 15) is 38.0 Å². The molecular formula is C36H36F2N6O5S. The Hall–Kier alpha value is -4.90. The summed E-state index contributed by atoms with van der Waals surface area (Å²) in [6, 6.07) is 14.1. The van der Waals surface area contributed by atoms with Crippen LogP contribution in [0.3, 0.4) is 0 Å². The topological polar surface area (TPSA) is 143 Å². The van der Waals surface area contributed by atoms with Crippen molar-refractivity contribution in [1.29, 1.82) is 5.26 Å². The number of hydrogen-bond donors (Lipinski definition) is 2. The zero-order valence-corrected chi connectivity index (χ0v) is 28.4. The molecule has 5 atom stereocenters. The highest BCUT2D eigenvalue weighted by atomic mass is 32.1. The molecule has 5 heterocycles. The second kappa shape index (κ2) is 12.5. The first-order valence-electron chi connectivity index (χ1n) is 16.7. The third kappa shape index (κ3) is 5.57. The zero-order chi connectivity index (χ0) is 35.5. The van der Waals surface area contributed by atoms with Gasteiger partial charge in [-0.25, -0.2) is 8.78 Å². The molecule has 1 aromatic heterocycles. The number of amides is 5. The van der Waals surface area contributed by atoms with Gasteiger partial charge < -0.3 is 25.3 Å². The third-order valence-electron chi connectivity index (χ3n) is 10.7. The van der Waals surface area contributed by atoms with E-state index in [0.717, 1.165) is 18.3 Å². The van der Waals surface area contributed by atoms with Gasteiger partial charge in [-0.1, -0.05) is 24.3 Å². The van der Waals surface area contributed by atoms with Crippen LogP contribution < -0.4 is 10.6 Å². The highest BCUT2D eigenvalue weighted by Gasteiger charge is 2.60. The van der Waals surface area contributed by atoms with Crippen molar-refractivity contribution in [3.05, 3.63) is 64.5 Å². The van der Waals surface area contributed by atoms with Crippen molar-refractivity contribution >= 4 is 56.6 Å². The van der Waals surface area contributed by atoms with Crippen LogP contribution >= 0.6 is 11.3 Å². The van der Waals surface area contributed by atoms with E-state index in [4.69, 9.17) is 0 Å². The molecule has 7 rings (SSSR count). The minimum Gasteiger partial charge on any atom is -0.350 e. The monoisotopic (exact) mass is 702 g/mol. The fourth-order valence-electron chi connectivity index (χ4n) is 8.08. The quantitative estimate of drug-likeness (QED) is 0.414. The van der Waals surface area contributed by atoms with E-state index in [1.54, 1.807) is 40.1 Å². The van der Waals surface area contributed by atoms with Gasteiger partial charge in [0.1, 0.15) is 11.5 Å². The molecule has 11 nitrogen and oxygen atoms in total. The van der Waals surface area contributed by atoms with E-state index < -0.39 is 35.1 Å². The molecule has 0 saturated carbocycles. The van der Waals surface area contributed by atoms with Crippen LogP contribution in [-0.4, -0.2) is 89.0 Å². The van der Waals surface area contributed by atoms with Gasteiger partial charge in [-0.05, 0) is 54.5 Å². The van der Waals surface area contributed by atoms with E-state index in [2.05, 4.69) is 16.7 Å². The number of carbonyl (C=O) groups excluding carboxylic acids is 5. The van der Waals surface area contributed by atoms with Crippen molar-refractivity contribution in [3.8, 4) is 6.07 Å². The Bertz CT molecular complexity index is 1970. The Morgan fingerprint density at radius 1 is 1.08 bits per heavy atom. The van der Waals surface area contributed by atoms with Crippen LogP contribution in [0.25, 0.3) is 10.1 Å². The molecule has 5 amide bonds. The van der Waals surface area contributed by atoms with E-state index in [1.807, 2.05) is 0 Å². The Kier molecular flexibility index (Phi) is 8.37. The van der Waals surface area contributed by atoms with Gasteiger partial charge in [0.15, 0.2) is 0 Å². The highest BCUT2D eigenvalue weighted by molar-refractivity contribution is 7.20. The number of benzene rings is 2. The maximum absolute atomic E-state index is 14.4. The van der Waals surface area contributed by atoms with Gasteiger partial charge in [-0.15, -0.1) is 11.3 Å². The molecule has 4 aliphatic heterocycles. The molecule has 50 heavy (non-hydrogen) atoms. The maximum Gasteiger partial charge on any atom is 0.270 e. The summed E-state index contributed by atoms with van der Waals surface area (Å²) in [5.41, 5.74) is -0.0672. The molecule has 1 spiro atoms. The lowest BCUT2D eigenvalue weighted by molar-refractivity contribution is -0.150. The Morgan fingerprint density at radius 3 is 2.60 bits per heavy atom. The molecule has 4 aliphatic rings. The van der Waals surface area contributed by atoms with Gasteiger partial charge in [0.25, 0.3) is 11.8 Å². The maximum atomic E-state index is 14.4. The predicted octanol–water partition coefficient (Wildman–Crippen LogP) is 3.84. The molecular weight excluding hydrogens is 666 g/mol. The lowest BCUT2D eigenvalue weighted by Crippen LogP contribution is -2.57. The average Bonchev–Trinajstić information content (AvgIpc) is 3.86. The van der Waals surface area contributed by atoms with Gasteiger partial charge in [0.2, 0.25) is 23.6 Å². The fourth-order valence-corrected chi connectivity index (χ4v) is 9.04. The number of halogens is 2. The van der Waals surface area contributed by atoms with Crippen LogP contribution in [0.4, 0.5) is 14.5 Å². The van der Waals surface area contributed by atoms with Crippen molar-refractivity contribution < 1.29 is 32.8 Å². The average molecular weight is 703 g/mol. The number of nitrogens with zero attached hydrogens (tertiary/aromatic N) is 4. The second-order valence-corrected chi connectivity index (χ2v) is 14.9. The van der Waals surface area contributed by atoms with Gasteiger partial charge in [-0.3, -0.25) is 24.0 Å². The lowest BCUT2D eigenvalue weighted by Gasteiger charge is -2.39. The number of alkyl halides is 2. The predicted molar refractivity (Wildman–Crippen MR) is 180 cm³/mol. The number of hydrogen-bond acceptors (Lipinski definition) is 7. The molecule has 0 aliphatic carbocycles. The first-order chi connectivity index (χ1) is 23.8. The smallest absolute Gasteiger partial charge is 0.270 e. The number of fused-ring (bicyclic) bond motifs is 4. The largest absolute Gasteiger partial charge is 0.350 e. The van der Waals surface area contributed by atoms with Crippen molar-refractivity contribution in [1.82, 2.24) is 20.0 Å². The van der Waals surface area contributed by atoms with E-state index >= 15 is 0 Å². The van der Waals surface area contributed by atoms with E-state index in [-0.39, 0.29) is 66.3 Å². The number of para-hydroxylation sites is 1. The van der Waals surface area contributed by atoms with Crippen LogP contribution in [-0.2, 0) is 30.5 Å². The normalized spacial score (nSPS) is 26.3.